The molecule has 0 saturated heterocycles. The molecule has 0 fully saturated rings. The van der Waals surface area contributed by atoms with Crippen molar-refractivity contribution in [3.05, 3.63) is 182 Å². The lowest BCUT2D eigenvalue weighted by Crippen LogP contribution is -1.93. The van der Waals surface area contributed by atoms with E-state index in [4.69, 9.17) is 4.98 Å². The number of hydrogen-bond acceptors (Lipinski definition) is 2. The van der Waals surface area contributed by atoms with Crippen molar-refractivity contribution in [3.63, 3.8) is 0 Å². The largest absolute Gasteiger partial charge is 0.309 e. The highest BCUT2D eigenvalue weighted by Crippen LogP contribution is 2.46. The van der Waals surface area contributed by atoms with E-state index in [9.17, 15) is 0 Å². The topological polar surface area (TPSA) is 17.8 Å². The summed E-state index contributed by atoms with van der Waals surface area (Å²) in [7, 11) is 0. The predicted molar refractivity (Wildman–Crippen MR) is 223 cm³/mol. The fraction of sp³-hybridized carbons (Fsp3) is 0. The first-order valence-electron chi connectivity index (χ1n) is 17.7. The quantitative estimate of drug-likeness (QED) is 0.169. The normalized spacial score (nSPS) is 11.8. The molecule has 242 valence electrons. The highest BCUT2D eigenvalue weighted by molar-refractivity contribution is 7.27. The minimum absolute atomic E-state index is 1.02. The van der Waals surface area contributed by atoms with Gasteiger partial charge in [0.1, 0.15) is 0 Å². The molecule has 0 aliphatic rings. The lowest BCUT2D eigenvalue weighted by molar-refractivity contribution is 1.18. The van der Waals surface area contributed by atoms with E-state index in [1.165, 1.54) is 86.1 Å². The first-order valence-corrected chi connectivity index (χ1v) is 18.5. The summed E-state index contributed by atoms with van der Waals surface area (Å²) in [5.41, 5.74) is 11.7. The monoisotopic (exact) mass is 678 g/mol. The Morgan fingerprint density at radius 3 is 1.88 bits per heavy atom. The van der Waals surface area contributed by atoms with Gasteiger partial charge < -0.3 is 4.57 Å². The smallest absolute Gasteiger partial charge is 0.0788 e. The van der Waals surface area contributed by atoms with Crippen molar-refractivity contribution in [1.29, 1.82) is 0 Å². The fourth-order valence-corrected chi connectivity index (χ4v) is 9.60. The molecule has 0 unspecified atom stereocenters. The summed E-state index contributed by atoms with van der Waals surface area (Å²) in [6.07, 6.45) is 0. The van der Waals surface area contributed by atoms with E-state index in [-0.39, 0.29) is 0 Å². The van der Waals surface area contributed by atoms with Crippen molar-refractivity contribution in [2.45, 2.75) is 0 Å². The Labute approximate surface area is 304 Å². The number of para-hydroxylation sites is 3. The Hall–Kier alpha value is -6.55. The van der Waals surface area contributed by atoms with Crippen molar-refractivity contribution in [1.82, 2.24) is 9.55 Å². The number of benzene rings is 8. The molecule has 3 aromatic heterocycles. The second-order valence-electron chi connectivity index (χ2n) is 13.5. The molecular weight excluding hydrogens is 649 g/mol. The molecule has 2 nitrogen and oxygen atoms in total. The van der Waals surface area contributed by atoms with Gasteiger partial charge in [-0.3, -0.25) is 0 Å². The van der Waals surface area contributed by atoms with Gasteiger partial charge in [-0.2, -0.15) is 0 Å². The van der Waals surface area contributed by atoms with E-state index in [1.807, 2.05) is 11.3 Å². The highest BCUT2D eigenvalue weighted by atomic mass is 32.1. The highest BCUT2D eigenvalue weighted by Gasteiger charge is 2.18. The van der Waals surface area contributed by atoms with Gasteiger partial charge in [-0.05, 0) is 58.7 Å². The van der Waals surface area contributed by atoms with Crippen LogP contribution in [0.5, 0.6) is 0 Å². The number of aromatic nitrogens is 2. The van der Waals surface area contributed by atoms with Crippen molar-refractivity contribution in [2.24, 2.45) is 0 Å². The van der Waals surface area contributed by atoms with Crippen LogP contribution in [-0.2, 0) is 0 Å². The molecule has 3 heteroatoms. The average molecular weight is 679 g/mol. The van der Waals surface area contributed by atoms with Crippen LogP contribution in [0.1, 0.15) is 0 Å². The van der Waals surface area contributed by atoms with Crippen LogP contribution in [0.4, 0.5) is 0 Å². The van der Waals surface area contributed by atoms with E-state index in [0.29, 0.717) is 0 Å². The molecule has 0 bridgehead atoms. The summed E-state index contributed by atoms with van der Waals surface area (Å²) in [5, 5.41) is 8.78. The Bertz CT molecular complexity index is 3170. The van der Waals surface area contributed by atoms with Crippen LogP contribution < -0.4 is 0 Å². The SMILES string of the molecule is c1ccc(-c2nc3ccccc3c3c2ccc2c4cccc(-c5cccc(-c6ccc7c8ccccc8n(-c8ccccc8)c7c6)c5)c4sc23)cc1. The Kier molecular flexibility index (Phi) is 6.46. The van der Waals surface area contributed by atoms with Gasteiger partial charge in [0.05, 0.1) is 22.2 Å². The molecule has 52 heavy (non-hydrogen) atoms. The number of pyridine rings is 1. The Morgan fingerprint density at radius 1 is 0.385 bits per heavy atom. The van der Waals surface area contributed by atoms with Gasteiger partial charge in [0, 0.05) is 58.4 Å². The van der Waals surface area contributed by atoms with Crippen LogP contribution in [-0.4, -0.2) is 9.55 Å². The molecule has 11 aromatic rings. The molecule has 0 N–H and O–H groups in total. The maximum atomic E-state index is 5.19. The molecule has 0 amide bonds. The fourth-order valence-electron chi connectivity index (χ4n) is 8.20. The van der Waals surface area contributed by atoms with Crippen LogP contribution in [0.15, 0.2) is 182 Å². The standard InChI is InChI=1S/C49H30N2S/c1-3-13-31(14-4-1)47-42-28-27-40-39-22-12-21-36(48(39)52-49(40)46(42)41-20-7-9-23-43(41)50-47)34-16-11-15-32(29-34)33-25-26-38-37-19-8-10-24-44(37)51(45(38)30-33)35-17-5-2-6-18-35/h1-30H. The van der Waals surface area contributed by atoms with Crippen LogP contribution in [0.2, 0.25) is 0 Å². The van der Waals surface area contributed by atoms with Gasteiger partial charge in [-0.15, -0.1) is 11.3 Å². The van der Waals surface area contributed by atoms with Crippen molar-refractivity contribution in [3.8, 4) is 39.2 Å². The lowest BCUT2D eigenvalue weighted by Gasteiger charge is -2.11. The molecule has 11 rings (SSSR count). The summed E-state index contributed by atoms with van der Waals surface area (Å²) in [5.74, 6) is 0. The van der Waals surface area contributed by atoms with Gasteiger partial charge >= 0.3 is 0 Å². The minimum Gasteiger partial charge on any atom is -0.309 e. The summed E-state index contributed by atoms with van der Waals surface area (Å²) in [6.45, 7) is 0. The zero-order valence-corrected chi connectivity index (χ0v) is 28.9. The number of rotatable bonds is 4. The molecule has 0 aliphatic carbocycles. The molecule has 0 atom stereocenters. The second kappa shape index (κ2) is 11.5. The van der Waals surface area contributed by atoms with E-state index >= 15 is 0 Å². The van der Waals surface area contributed by atoms with E-state index in [0.717, 1.165) is 16.8 Å². The van der Waals surface area contributed by atoms with Gasteiger partial charge in [0.15, 0.2) is 0 Å². The van der Waals surface area contributed by atoms with Crippen molar-refractivity contribution in [2.75, 3.05) is 0 Å². The lowest BCUT2D eigenvalue weighted by atomic mass is 9.96. The first kappa shape index (κ1) is 29.2. The van der Waals surface area contributed by atoms with Gasteiger partial charge in [-0.25, -0.2) is 4.98 Å². The van der Waals surface area contributed by atoms with E-state index in [1.54, 1.807) is 0 Å². The summed E-state index contributed by atoms with van der Waals surface area (Å²) in [6, 6.07) is 65.9. The molecule has 0 spiro atoms. The molecule has 0 saturated carbocycles. The molecule has 0 radical (unpaired) electrons. The van der Waals surface area contributed by atoms with Crippen molar-refractivity contribution < 1.29 is 0 Å². The summed E-state index contributed by atoms with van der Waals surface area (Å²) >= 11 is 1.91. The number of fused-ring (bicyclic) bond motifs is 10. The summed E-state index contributed by atoms with van der Waals surface area (Å²) in [4.78, 5) is 5.19. The third-order valence-corrected chi connectivity index (χ3v) is 11.8. The zero-order chi connectivity index (χ0) is 34.2. The Morgan fingerprint density at radius 2 is 1.00 bits per heavy atom. The second-order valence-corrected chi connectivity index (χ2v) is 14.5. The third kappa shape index (κ3) is 4.40. The third-order valence-electron chi connectivity index (χ3n) is 10.6. The predicted octanol–water partition coefficient (Wildman–Crippen LogP) is 13.9. The first-order chi connectivity index (χ1) is 25.8. The molecule has 8 aromatic carbocycles. The van der Waals surface area contributed by atoms with Crippen LogP contribution in [0.3, 0.4) is 0 Å². The van der Waals surface area contributed by atoms with Crippen LogP contribution >= 0.6 is 11.3 Å². The average Bonchev–Trinajstić information content (AvgIpc) is 3.77. The summed E-state index contributed by atoms with van der Waals surface area (Å²) < 4.78 is 5.01. The van der Waals surface area contributed by atoms with Crippen LogP contribution in [0.25, 0.3) is 103 Å². The molecule has 3 heterocycles. The maximum Gasteiger partial charge on any atom is 0.0788 e. The Balaban J connectivity index is 1.11. The van der Waals surface area contributed by atoms with E-state index in [2.05, 4.69) is 187 Å². The number of hydrogen-bond donors (Lipinski definition) is 0. The van der Waals surface area contributed by atoms with Gasteiger partial charge in [-0.1, -0.05) is 146 Å². The van der Waals surface area contributed by atoms with Crippen molar-refractivity contribution >= 4 is 75.0 Å². The maximum absolute atomic E-state index is 5.19. The molecule has 0 aliphatic heterocycles. The number of nitrogens with zero attached hydrogens (tertiary/aromatic N) is 2. The van der Waals surface area contributed by atoms with Crippen LogP contribution in [0, 0.1) is 0 Å². The van der Waals surface area contributed by atoms with Gasteiger partial charge in [0.25, 0.3) is 0 Å². The zero-order valence-electron chi connectivity index (χ0n) is 28.1. The minimum atomic E-state index is 1.02. The molecular formula is C49H30N2S. The number of thiophene rings is 1. The van der Waals surface area contributed by atoms with E-state index < -0.39 is 0 Å². The van der Waals surface area contributed by atoms with Gasteiger partial charge in [0.2, 0.25) is 0 Å².